The number of aromatic nitrogens is 1. The van der Waals surface area contributed by atoms with Gasteiger partial charge in [-0.2, -0.15) is 0 Å². The number of hydrogen-bond acceptors (Lipinski definition) is 3. The van der Waals surface area contributed by atoms with Gasteiger partial charge in [-0.1, -0.05) is 0 Å². The van der Waals surface area contributed by atoms with E-state index in [1.807, 2.05) is 31.3 Å². The highest BCUT2D eigenvalue weighted by Gasteiger charge is 2.22. The molecular weight excluding hydrogens is 294 g/mol. The third-order valence-electron chi connectivity index (χ3n) is 4.10. The lowest BCUT2D eigenvalue weighted by Gasteiger charge is -2.12. The molecule has 122 valence electrons. The van der Waals surface area contributed by atoms with Crippen LogP contribution in [0.1, 0.15) is 35.8 Å². The molecule has 1 fully saturated rings. The van der Waals surface area contributed by atoms with E-state index in [2.05, 4.69) is 5.32 Å². The predicted octanol–water partition coefficient (Wildman–Crippen LogP) is 1.64. The van der Waals surface area contributed by atoms with E-state index in [1.165, 1.54) is 12.8 Å². The van der Waals surface area contributed by atoms with Gasteiger partial charge in [0, 0.05) is 5.52 Å². The zero-order valence-electron chi connectivity index (χ0n) is 13.3. The molecule has 3 rings (SSSR count). The molecule has 6 heteroatoms. The SMILES string of the molecule is Cc1cc2ccc(OCC3CC3)cn2c1C(=O)NC(C)C(N)=O. The molecule has 6 nitrogen and oxygen atoms in total. The molecule has 1 aliphatic rings. The minimum absolute atomic E-state index is 0.326. The van der Waals surface area contributed by atoms with Gasteiger partial charge in [0.15, 0.2) is 0 Å². The maximum Gasteiger partial charge on any atom is 0.269 e. The van der Waals surface area contributed by atoms with Gasteiger partial charge in [0.2, 0.25) is 5.91 Å². The van der Waals surface area contributed by atoms with Gasteiger partial charge in [-0.3, -0.25) is 9.59 Å². The summed E-state index contributed by atoms with van der Waals surface area (Å²) in [5.41, 5.74) is 7.43. The molecular formula is C17H21N3O3. The van der Waals surface area contributed by atoms with E-state index in [-0.39, 0.29) is 5.91 Å². The van der Waals surface area contributed by atoms with Crippen LogP contribution in [0.5, 0.6) is 5.75 Å². The number of nitrogens with two attached hydrogens (primary N) is 1. The summed E-state index contributed by atoms with van der Waals surface area (Å²) in [6.07, 6.45) is 4.27. The number of nitrogens with one attached hydrogen (secondary N) is 1. The average Bonchev–Trinajstić information content (AvgIpc) is 3.26. The molecule has 0 bridgehead atoms. The van der Waals surface area contributed by atoms with Crippen molar-refractivity contribution >= 4 is 17.3 Å². The van der Waals surface area contributed by atoms with E-state index >= 15 is 0 Å². The second-order valence-corrected chi connectivity index (χ2v) is 6.19. The molecule has 0 radical (unpaired) electrons. The fraction of sp³-hybridized carbons (Fsp3) is 0.412. The molecule has 0 aromatic carbocycles. The van der Waals surface area contributed by atoms with Crippen molar-refractivity contribution < 1.29 is 14.3 Å². The lowest BCUT2D eigenvalue weighted by atomic mass is 10.2. The van der Waals surface area contributed by atoms with Crippen molar-refractivity contribution in [1.29, 1.82) is 0 Å². The Kier molecular flexibility index (Phi) is 3.98. The minimum Gasteiger partial charge on any atom is -0.492 e. The molecule has 23 heavy (non-hydrogen) atoms. The number of aryl methyl sites for hydroxylation is 1. The first-order valence-corrected chi connectivity index (χ1v) is 7.80. The Hall–Kier alpha value is -2.50. The first-order chi connectivity index (χ1) is 11.0. The lowest BCUT2D eigenvalue weighted by Crippen LogP contribution is -2.42. The zero-order valence-corrected chi connectivity index (χ0v) is 13.3. The van der Waals surface area contributed by atoms with Crippen molar-refractivity contribution in [3.05, 3.63) is 35.7 Å². The second kappa shape index (κ2) is 5.95. The zero-order chi connectivity index (χ0) is 16.6. The van der Waals surface area contributed by atoms with E-state index in [1.54, 1.807) is 11.3 Å². The number of nitrogens with zero attached hydrogens (tertiary/aromatic N) is 1. The first-order valence-electron chi connectivity index (χ1n) is 7.80. The van der Waals surface area contributed by atoms with Gasteiger partial charge in [-0.15, -0.1) is 0 Å². The number of carbonyl (C=O) groups excluding carboxylic acids is 2. The maximum atomic E-state index is 12.5. The monoisotopic (exact) mass is 315 g/mol. The summed E-state index contributed by atoms with van der Waals surface area (Å²) in [6, 6.07) is 5.03. The van der Waals surface area contributed by atoms with Crippen molar-refractivity contribution in [3.8, 4) is 5.75 Å². The molecule has 2 amide bonds. The highest BCUT2D eigenvalue weighted by Crippen LogP contribution is 2.30. The van der Waals surface area contributed by atoms with Gasteiger partial charge in [0.25, 0.3) is 5.91 Å². The molecule has 1 saturated carbocycles. The smallest absolute Gasteiger partial charge is 0.269 e. The van der Waals surface area contributed by atoms with Crippen LogP contribution in [0.4, 0.5) is 0 Å². The molecule has 2 heterocycles. The Morgan fingerprint density at radius 3 is 2.83 bits per heavy atom. The average molecular weight is 315 g/mol. The topological polar surface area (TPSA) is 85.8 Å². The Labute approximate surface area is 134 Å². The summed E-state index contributed by atoms with van der Waals surface area (Å²) in [7, 11) is 0. The van der Waals surface area contributed by atoms with Gasteiger partial charge in [0.1, 0.15) is 17.5 Å². The molecule has 0 saturated heterocycles. The number of hydrogen-bond donors (Lipinski definition) is 2. The molecule has 0 aliphatic heterocycles. The van der Waals surface area contributed by atoms with Crippen LogP contribution in [0.15, 0.2) is 24.4 Å². The van der Waals surface area contributed by atoms with Crippen molar-refractivity contribution in [2.75, 3.05) is 6.61 Å². The fourth-order valence-electron chi connectivity index (χ4n) is 2.49. The van der Waals surface area contributed by atoms with Crippen LogP contribution >= 0.6 is 0 Å². The Morgan fingerprint density at radius 2 is 2.17 bits per heavy atom. The normalized spacial score (nSPS) is 15.4. The number of rotatable bonds is 6. The van der Waals surface area contributed by atoms with Crippen LogP contribution < -0.4 is 15.8 Å². The number of primary amides is 1. The van der Waals surface area contributed by atoms with E-state index in [0.29, 0.717) is 18.2 Å². The van der Waals surface area contributed by atoms with Crippen molar-refractivity contribution in [2.45, 2.75) is 32.7 Å². The summed E-state index contributed by atoms with van der Waals surface area (Å²) in [5.74, 6) is 0.506. The molecule has 3 N–H and O–H groups in total. The number of pyridine rings is 1. The van der Waals surface area contributed by atoms with Crippen LogP contribution in [0.25, 0.3) is 5.52 Å². The Bertz CT molecular complexity index is 762. The molecule has 2 aromatic heterocycles. The number of carbonyl (C=O) groups is 2. The molecule has 1 aliphatic carbocycles. The molecule has 1 unspecified atom stereocenters. The van der Waals surface area contributed by atoms with Crippen molar-refractivity contribution in [3.63, 3.8) is 0 Å². The van der Waals surface area contributed by atoms with Crippen molar-refractivity contribution in [1.82, 2.24) is 9.72 Å². The van der Waals surface area contributed by atoms with Crippen LogP contribution in [-0.2, 0) is 4.79 Å². The fourth-order valence-corrected chi connectivity index (χ4v) is 2.49. The second-order valence-electron chi connectivity index (χ2n) is 6.19. The molecule has 0 spiro atoms. The van der Waals surface area contributed by atoms with Gasteiger partial charge < -0.3 is 20.2 Å². The predicted molar refractivity (Wildman–Crippen MR) is 86.5 cm³/mol. The van der Waals surface area contributed by atoms with E-state index in [9.17, 15) is 9.59 Å². The van der Waals surface area contributed by atoms with Crippen LogP contribution in [-0.4, -0.2) is 28.9 Å². The number of ether oxygens (including phenoxy) is 1. The van der Waals surface area contributed by atoms with E-state index < -0.39 is 11.9 Å². The van der Waals surface area contributed by atoms with Crippen LogP contribution in [0.2, 0.25) is 0 Å². The van der Waals surface area contributed by atoms with Crippen LogP contribution in [0, 0.1) is 12.8 Å². The lowest BCUT2D eigenvalue weighted by molar-refractivity contribution is -0.119. The summed E-state index contributed by atoms with van der Waals surface area (Å²) in [4.78, 5) is 23.6. The third kappa shape index (κ3) is 3.31. The van der Waals surface area contributed by atoms with Crippen LogP contribution in [0.3, 0.4) is 0 Å². The highest BCUT2D eigenvalue weighted by molar-refractivity contribution is 5.98. The Morgan fingerprint density at radius 1 is 1.43 bits per heavy atom. The summed E-state index contributed by atoms with van der Waals surface area (Å²) in [5, 5.41) is 2.62. The standard InChI is InChI=1S/C17H21N3O3/c1-10-7-13-5-6-14(23-9-12-3-4-12)8-20(13)15(10)17(22)19-11(2)16(18)21/h5-8,11-12H,3-4,9H2,1-2H3,(H2,18,21)(H,19,22). The quantitative estimate of drug-likeness (QED) is 0.849. The summed E-state index contributed by atoms with van der Waals surface area (Å²) >= 11 is 0. The van der Waals surface area contributed by atoms with E-state index in [4.69, 9.17) is 10.5 Å². The molecule has 2 aromatic rings. The highest BCUT2D eigenvalue weighted by atomic mass is 16.5. The van der Waals surface area contributed by atoms with Gasteiger partial charge in [-0.05, 0) is 56.4 Å². The largest absolute Gasteiger partial charge is 0.492 e. The number of amides is 2. The van der Waals surface area contributed by atoms with E-state index in [0.717, 1.165) is 16.8 Å². The summed E-state index contributed by atoms with van der Waals surface area (Å²) < 4.78 is 7.57. The number of fused-ring (bicyclic) bond motifs is 1. The third-order valence-corrected chi connectivity index (χ3v) is 4.10. The van der Waals surface area contributed by atoms with Gasteiger partial charge in [-0.25, -0.2) is 0 Å². The summed E-state index contributed by atoms with van der Waals surface area (Å²) in [6.45, 7) is 4.14. The first kappa shape index (κ1) is 15.4. The van der Waals surface area contributed by atoms with Crippen molar-refractivity contribution in [2.24, 2.45) is 11.7 Å². The minimum atomic E-state index is -0.721. The van der Waals surface area contributed by atoms with Gasteiger partial charge >= 0.3 is 0 Å². The Balaban J connectivity index is 1.87. The van der Waals surface area contributed by atoms with Gasteiger partial charge in [0.05, 0.1) is 12.8 Å². The molecule has 1 atom stereocenters. The maximum absolute atomic E-state index is 12.5.